The second kappa shape index (κ2) is 5.99. The predicted molar refractivity (Wildman–Crippen MR) is 91.9 cm³/mol. The fraction of sp³-hybridized carbons (Fsp3) is 0.111. The van der Waals surface area contributed by atoms with E-state index in [2.05, 4.69) is 10.3 Å². The Kier molecular flexibility index (Phi) is 3.65. The van der Waals surface area contributed by atoms with Crippen LogP contribution in [0, 0.1) is 0 Å². The maximum absolute atomic E-state index is 12.4. The first-order valence-corrected chi connectivity index (χ1v) is 7.64. The lowest BCUT2D eigenvalue weighted by Gasteiger charge is -2.09. The van der Waals surface area contributed by atoms with Gasteiger partial charge in [0.25, 0.3) is 11.8 Å². The van der Waals surface area contributed by atoms with Gasteiger partial charge in [-0.25, -0.2) is 4.98 Å². The molecule has 26 heavy (non-hydrogen) atoms. The van der Waals surface area contributed by atoms with Gasteiger partial charge in [0, 0.05) is 11.6 Å². The van der Waals surface area contributed by atoms with Crippen LogP contribution in [0.15, 0.2) is 39.4 Å². The minimum Gasteiger partial charge on any atom is -0.493 e. The van der Waals surface area contributed by atoms with Crippen molar-refractivity contribution in [3.8, 4) is 29.1 Å². The van der Waals surface area contributed by atoms with Gasteiger partial charge < -0.3 is 28.7 Å². The van der Waals surface area contributed by atoms with Crippen LogP contribution in [0.2, 0.25) is 0 Å². The quantitative estimate of drug-likeness (QED) is 0.693. The number of hydrogen-bond acceptors (Lipinski definition) is 7. The van der Waals surface area contributed by atoms with E-state index in [1.54, 1.807) is 24.3 Å². The number of carbonyl (C=O) groups excluding carboxylic acids is 1. The van der Waals surface area contributed by atoms with Gasteiger partial charge >= 0.3 is 5.95 Å². The third-order valence-corrected chi connectivity index (χ3v) is 3.95. The van der Waals surface area contributed by atoms with E-state index >= 15 is 0 Å². The number of amides is 1. The van der Waals surface area contributed by atoms with E-state index in [1.165, 1.54) is 26.6 Å². The molecule has 3 heterocycles. The number of hydrogen-bond donors (Lipinski definition) is 2. The van der Waals surface area contributed by atoms with Gasteiger partial charge in [-0.2, -0.15) is 0 Å². The van der Waals surface area contributed by atoms with E-state index in [1.807, 2.05) is 0 Å². The smallest absolute Gasteiger partial charge is 0.310 e. The SMILES string of the molecule is COc1cc2c(cc1OC)C(=Cc1nc(-c3ccco3)oc1O)C(=O)N2. The van der Waals surface area contributed by atoms with E-state index in [0.29, 0.717) is 34.1 Å². The Labute approximate surface area is 147 Å². The molecule has 1 aromatic carbocycles. The van der Waals surface area contributed by atoms with Gasteiger partial charge in [0.05, 0.1) is 31.7 Å². The highest BCUT2D eigenvalue weighted by Gasteiger charge is 2.28. The molecule has 4 rings (SSSR count). The molecule has 3 aromatic rings. The lowest BCUT2D eigenvalue weighted by molar-refractivity contribution is -0.110. The zero-order valence-corrected chi connectivity index (χ0v) is 13.9. The Morgan fingerprint density at radius 2 is 2.00 bits per heavy atom. The number of aromatic nitrogens is 1. The monoisotopic (exact) mass is 354 g/mol. The summed E-state index contributed by atoms with van der Waals surface area (Å²) in [6.45, 7) is 0. The summed E-state index contributed by atoms with van der Waals surface area (Å²) in [6.07, 6.45) is 2.91. The highest BCUT2D eigenvalue weighted by Crippen LogP contribution is 2.41. The van der Waals surface area contributed by atoms with Crippen molar-refractivity contribution in [2.24, 2.45) is 0 Å². The van der Waals surface area contributed by atoms with Gasteiger partial charge in [0.15, 0.2) is 17.3 Å². The number of nitrogens with zero attached hydrogens (tertiary/aromatic N) is 1. The Balaban J connectivity index is 1.79. The van der Waals surface area contributed by atoms with Crippen LogP contribution in [0.3, 0.4) is 0 Å². The number of benzene rings is 1. The minimum absolute atomic E-state index is 0.115. The number of anilines is 1. The first-order chi connectivity index (χ1) is 12.6. The molecule has 2 aromatic heterocycles. The number of aromatic hydroxyl groups is 1. The van der Waals surface area contributed by atoms with Crippen molar-refractivity contribution in [3.63, 3.8) is 0 Å². The molecule has 0 atom stereocenters. The number of oxazole rings is 1. The number of ether oxygens (including phenoxy) is 2. The molecule has 0 saturated carbocycles. The number of methoxy groups -OCH3 is 2. The van der Waals surface area contributed by atoms with Gasteiger partial charge in [-0.05, 0) is 24.3 Å². The van der Waals surface area contributed by atoms with Crippen LogP contribution in [0.5, 0.6) is 17.4 Å². The maximum Gasteiger partial charge on any atom is 0.310 e. The van der Waals surface area contributed by atoms with Crippen molar-refractivity contribution < 1.29 is 28.2 Å². The number of nitrogens with one attached hydrogen (secondary N) is 1. The second-order valence-corrected chi connectivity index (χ2v) is 5.45. The summed E-state index contributed by atoms with van der Waals surface area (Å²) in [5.41, 5.74) is 1.61. The van der Waals surface area contributed by atoms with Crippen LogP contribution in [-0.4, -0.2) is 30.2 Å². The van der Waals surface area contributed by atoms with Crippen molar-refractivity contribution >= 4 is 23.2 Å². The van der Waals surface area contributed by atoms with Crippen LogP contribution in [-0.2, 0) is 4.79 Å². The summed E-state index contributed by atoms with van der Waals surface area (Å²) < 4.78 is 20.9. The van der Waals surface area contributed by atoms with Crippen LogP contribution in [0.25, 0.3) is 23.3 Å². The topological polar surface area (TPSA) is 107 Å². The molecule has 0 fully saturated rings. The fourth-order valence-electron chi connectivity index (χ4n) is 2.72. The van der Waals surface area contributed by atoms with Crippen molar-refractivity contribution in [2.45, 2.75) is 0 Å². The zero-order chi connectivity index (χ0) is 18.3. The standard InChI is InChI=1S/C18H14N2O6/c1-23-14-7-9-10(16(21)19-11(9)8-15(14)24-2)6-12-18(22)26-17(20-12)13-4-3-5-25-13/h3-8,22H,1-2H3,(H,19,21). The predicted octanol–water partition coefficient (Wildman–Crippen LogP) is 3.15. The first kappa shape index (κ1) is 15.8. The molecule has 1 aliphatic rings. The number of rotatable bonds is 4. The maximum atomic E-state index is 12.4. The summed E-state index contributed by atoms with van der Waals surface area (Å²) in [5.74, 6) is 0.715. The molecule has 0 saturated heterocycles. The number of fused-ring (bicyclic) bond motifs is 1. The zero-order valence-electron chi connectivity index (χ0n) is 13.9. The third kappa shape index (κ3) is 2.48. The molecule has 0 unspecified atom stereocenters. The molecule has 8 nitrogen and oxygen atoms in total. The Bertz CT molecular complexity index is 1020. The van der Waals surface area contributed by atoms with Crippen LogP contribution < -0.4 is 14.8 Å². The van der Waals surface area contributed by atoms with E-state index in [0.717, 1.165) is 0 Å². The third-order valence-electron chi connectivity index (χ3n) is 3.95. The van der Waals surface area contributed by atoms with Gasteiger partial charge in [-0.1, -0.05) is 0 Å². The first-order valence-electron chi connectivity index (χ1n) is 7.64. The molecule has 0 aliphatic carbocycles. The lowest BCUT2D eigenvalue weighted by atomic mass is 10.1. The molecule has 0 radical (unpaired) electrons. The molecular formula is C18H14N2O6. The van der Waals surface area contributed by atoms with E-state index in [-0.39, 0.29) is 17.5 Å². The van der Waals surface area contributed by atoms with Crippen molar-refractivity contribution in [1.29, 1.82) is 0 Å². The number of carbonyl (C=O) groups is 1. The Hall–Kier alpha value is -3.68. The summed E-state index contributed by atoms with van der Waals surface area (Å²) in [7, 11) is 3.03. The molecular weight excluding hydrogens is 340 g/mol. The summed E-state index contributed by atoms with van der Waals surface area (Å²) in [5, 5.41) is 12.8. The van der Waals surface area contributed by atoms with Gasteiger partial charge in [-0.3, -0.25) is 4.79 Å². The van der Waals surface area contributed by atoms with E-state index < -0.39 is 5.95 Å². The van der Waals surface area contributed by atoms with E-state index in [9.17, 15) is 9.90 Å². The highest BCUT2D eigenvalue weighted by atomic mass is 16.5. The van der Waals surface area contributed by atoms with Crippen molar-refractivity contribution in [1.82, 2.24) is 4.98 Å². The minimum atomic E-state index is -0.411. The fourth-order valence-corrected chi connectivity index (χ4v) is 2.72. The highest BCUT2D eigenvalue weighted by molar-refractivity contribution is 6.35. The molecule has 2 N–H and O–H groups in total. The van der Waals surface area contributed by atoms with Crippen LogP contribution >= 0.6 is 0 Å². The van der Waals surface area contributed by atoms with Crippen molar-refractivity contribution in [2.75, 3.05) is 19.5 Å². The normalized spacial score (nSPS) is 14.4. The summed E-state index contributed by atoms with van der Waals surface area (Å²) >= 11 is 0. The van der Waals surface area contributed by atoms with Crippen molar-refractivity contribution in [3.05, 3.63) is 41.8 Å². The van der Waals surface area contributed by atoms with Gasteiger partial charge in [0.2, 0.25) is 0 Å². The molecule has 132 valence electrons. The average Bonchev–Trinajstić information content (AvgIpc) is 3.35. The van der Waals surface area contributed by atoms with Gasteiger partial charge in [-0.15, -0.1) is 0 Å². The molecule has 0 bridgehead atoms. The Morgan fingerprint density at radius 3 is 2.69 bits per heavy atom. The lowest BCUT2D eigenvalue weighted by Crippen LogP contribution is -2.03. The second-order valence-electron chi connectivity index (χ2n) is 5.45. The summed E-state index contributed by atoms with van der Waals surface area (Å²) in [4.78, 5) is 16.5. The Morgan fingerprint density at radius 1 is 1.23 bits per heavy atom. The van der Waals surface area contributed by atoms with Crippen LogP contribution in [0.4, 0.5) is 5.69 Å². The van der Waals surface area contributed by atoms with Crippen LogP contribution in [0.1, 0.15) is 11.3 Å². The average molecular weight is 354 g/mol. The van der Waals surface area contributed by atoms with E-state index in [4.69, 9.17) is 18.3 Å². The largest absolute Gasteiger partial charge is 0.493 e. The van der Waals surface area contributed by atoms with Gasteiger partial charge in [0.1, 0.15) is 5.69 Å². The molecule has 8 heteroatoms. The molecule has 0 spiro atoms. The number of furan rings is 1. The molecule has 1 aliphatic heterocycles. The molecule has 1 amide bonds. The summed E-state index contributed by atoms with van der Waals surface area (Å²) in [6, 6.07) is 6.68.